The summed E-state index contributed by atoms with van der Waals surface area (Å²) in [5, 5.41) is 4.43. The lowest BCUT2D eigenvalue weighted by atomic mass is 9.81. The third kappa shape index (κ3) is 4.92. The Morgan fingerprint density at radius 1 is 1.47 bits per heavy atom. The van der Waals surface area contributed by atoms with E-state index in [9.17, 15) is 0 Å². The van der Waals surface area contributed by atoms with Gasteiger partial charge in [0.25, 0.3) is 0 Å². The molecule has 2 rings (SSSR count). The Labute approximate surface area is 122 Å². The van der Waals surface area contributed by atoms with Gasteiger partial charge in [0.1, 0.15) is 0 Å². The van der Waals surface area contributed by atoms with Crippen LogP contribution in [0.4, 0.5) is 0 Å². The predicted molar refractivity (Wildman–Crippen MR) is 84.0 cm³/mol. The second-order valence-electron chi connectivity index (χ2n) is 6.61. The summed E-state index contributed by atoms with van der Waals surface area (Å²) in [6.07, 6.45) is 2.53. The van der Waals surface area contributed by atoms with Gasteiger partial charge in [0.2, 0.25) is 0 Å². The van der Waals surface area contributed by atoms with Crippen LogP contribution in [0.3, 0.4) is 0 Å². The molecule has 2 heterocycles. The minimum Gasteiger partial charge on any atom is -0.381 e. The van der Waals surface area contributed by atoms with Gasteiger partial charge >= 0.3 is 0 Å². The highest BCUT2D eigenvalue weighted by atomic mass is 32.2. The Morgan fingerprint density at radius 2 is 2.32 bits per heavy atom. The van der Waals surface area contributed by atoms with Gasteiger partial charge in [-0.25, -0.2) is 0 Å². The maximum absolute atomic E-state index is 5.81. The van der Waals surface area contributed by atoms with Gasteiger partial charge in [0.15, 0.2) is 0 Å². The Kier molecular flexibility index (Phi) is 6.00. The minimum absolute atomic E-state index is 0.338. The number of ether oxygens (including phenoxy) is 1. The molecule has 0 aliphatic carbocycles. The number of rotatable bonds is 5. The van der Waals surface area contributed by atoms with E-state index in [4.69, 9.17) is 4.74 Å². The lowest BCUT2D eigenvalue weighted by Gasteiger charge is -2.43. The maximum Gasteiger partial charge on any atom is 0.0546 e. The summed E-state index contributed by atoms with van der Waals surface area (Å²) in [4.78, 5) is 2.66. The largest absolute Gasteiger partial charge is 0.381 e. The summed E-state index contributed by atoms with van der Waals surface area (Å²) >= 11 is 2.11. The molecule has 0 saturated carbocycles. The van der Waals surface area contributed by atoms with Gasteiger partial charge in [0.05, 0.1) is 6.61 Å². The molecule has 112 valence electrons. The topological polar surface area (TPSA) is 24.5 Å². The zero-order valence-electron chi connectivity index (χ0n) is 12.8. The molecule has 4 heteroatoms. The second-order valence-corrected chi connectivity index (χ2v) is 8.15. The average Bonchev–Trinajstić information content (AvgIpc) is 2.38. The number of hydrogen-bond acceptors (Lipinski definition) is 4. The lowest BCUT2D eigenvalue weighted by Crippen LogP contribution is -2.52. The second kappa shape index (κ2) is 7.30. The molecule has 1 N–H and O–H groups in total. The molecule has 3 nitrogen and oxygen atoms in total. The summed E-state index contributed by atoms with van der Waals surface area (Å²) in [5.74, 6) is 1.29. The van der Waals surface area contributed by atoms with Crippen LogP contribution >= 0.6 is 11.8 Å². The Morgan fingerprint density at radius 3 is 2.95 bits per heavy atom. The average molecular weight is 286 g/mol. The quantitative estimate of drug-likeness (QED) is 0.837. The van der Waals surface area contributed by atoms with E-state index in [1.165, 1.54) is 38.2 Å². The molecule has 2 saturated heterocycles. The molecule has 2 aliphatic rings. The molecule has 19 heavy (non-hydrogen) atoms. The van der Waals surface area contributed by atoms with Crippen LogP contribution in [0.2, 0.25) is 0 Å². The molecule has 0 aromatic heterocycles. The van der Waals surface area contributed by atoms with Crippen molar-refractivity contribution in [3.8, 4) is 0 Å². The van der Waals surface area contributed by atoms with Gasteiger partial charge in [0, 0.05) is 55.2 Å². The molecular formula is C15H30N2OS. The number of nitrogens with one attached hydrogen (secondary N) is 1. The van der Waals surface area contributed by atoms with Crippen LogP contribution in [0.1, 0.15) is 33.6 Å². The fraction of sp³-hybridized carbons (Fsp3) is 1.00. The molecule has 2 unspecified atom stereocenters. The summed E-state index contributed by atoms with van der Waals surface area (Å²) in [7, 11) is 0. The molecular weight excluding hydrogens is 256 g/mol. The first kappa shape index (κ1) is 15.6. The van der Waals surface area contributed by atoms with Gasteiger partial charge in [-0.1, -0.05) is 20.8 Å². The standard InChI is InChI=1S/C15H30N2OS/c1-13(2)16-10-15(5-4-7-18-12-15)11-17-6-8-19-14(3)9-17/h13-14,16H,4-12H2,1-3H3. The number of nitrogens with zero attached hydrogens (tertiary/aromatic N) is 1. The highest BCUT2D eigenvalue weighted by molar-refractivity contribution is 7.99. The van der Waals surface area contributed by atoms with Crippen molar-refractivity contribution in [2.45, 2.75) is 44.9 Å². The van der Waals surface area contributed by atoms with Crippen LogP contribution in [0, 0.1) is 5.41 Å². The lowest BCUT2D eigenvalue weighted by molar-refractivity contribution is -0.0264. The fourth-order valence-electron chi connectivity index (χ4n) is 3.16. The Balaban J connectivity index is 1.92. The molecule has 0 aromatic carbocycles. The summed E-state index contributed by atoms with van der Waals surface area (Å²) in [6, 6.07) is 0.564. The van der Waals surface area contributed by atoms with E-state index in [-0.39, 0.29) is 0 Å². The first-order chi connectivity index (χ1) is 9.10. The van der Waals surface area contributed by atoms with E-state index in [0.29, 0.717) is 11.5 Å². The van der Waals surface area contributed by atoms with E-state index in [2.05, 4.69) is 42.7 Å². The van der Waals surface area contributed by atoms with Crippen LogP contribution in [0.15, 0.2) is 0 Å². The van der Waals surface area contributed by atoms with Gasteiger partial charge < -0.3 is 15.0 Å². The van der Waals surface area contributed by atoms with Crippen molar-refractivity contribution in [2.24, 2.45) is 5.41 Å². The SMILES string of the molecule is CC(C)NCC1(CN2CCSC(C)C2)CCCOC1. The van der Waals surface area contributed by atoms with Crippen LogP contribution in [0.5, 0.6) is 0 Å². The molecule has 2 atom stereocenters. The summed E-state index contributed by atoms with van der Waals surface area (Å²) < 4.78 is 5.81. The first-order valence-corrected chi connectivity index (χ1v) is 8.80. The van der Waals surface area contributed by atoms with Gasteiger partial charge in [-0.3, -0.25) is 0 Å². The molecule has 0 radical (unpaired) electrons. The van der Waals surface area contributed by atoms with E-state index in [0.717, 1.165) is 25.0 Å². The van der Waals surface area contributed by atoms with Crippen molar-refractivity contribution in [1.82, 2.24) is 10.2 Å². The van der Waals surface area contributed by atoms with Gasteiger partial charge in [-0.15, -0.1) is 0 Å². The van der Waals surface area contributed by atoms with Crippen molar-refractivity contribution < 1.29 is 4.74 Å². The van der Waals surface area contributed by atoms with Crippen LogP contribution in [-0.4, -0.2) is 61.3 Å². The highest BCUT2D eigenvalue weighted by Crippen LogP contribution is 2.31. The van der Waals surface area contributed by atoms with Crippen LogP contribution in [-0.2, 0) is 4.74 Å². The van der Waals surface area contributed by atoms with E-state index < -0.39 is 0 Å². The normalized spacial score (nSPS) is 33.8. The van der Waals surface area contributed by atoms with Crippen molar-refractivity contribution >= 4 is 11.8 Å². The molecule has 2 aliphatic heterocycles. The Bertz CT molecular complexity index is 267. The van der Waals surface area contributed by atoms with Gasteiger partial charge in [-0.05, 0) is 12.8 Å². The highest BCUT2D eigenvalue weighted by Gasteiger charge is 2.35. The number of hydrogen-bond donors (Lipinski definition) is 1. The predicted octanol–water partition coefficient (Wildman–Crippen LogP) is 2.22. The molecule has 0 aromatic rings. The third-order valence-corrected chi connectivity index (χ3v) is 5.31. The van der Waals surface area contributed by atoms with Gasteiger partial charge in [-0.2, -0.15) is 11.8 Å². The van der Waals surface area contributed by atoms with Crippen LogP contribution in [0.25, 0.3) is 0 Å². The fourth-order valence-corrected chi connectivity index (χ4v) is 4.24. The summed E-state index contributed by atoms with van der Waals surface area (Å²) in [6.45, 7) is 13.5. The van der Waals surface area contributed by atoms with E-state index in [1.54, 1.807) is 0 Å². The molecule has 0 spiro atoms. The Hall–Kier alpha value is 0.230. The van der Waals surface area contributed by atoms with Crippen molar-refractivity contribution in [3.63, 3.8) is 0 Å². The molecule has 0 amide bonds. The molecule has 0 bridgehead atoms. The minimum atomic E-state index is 0.338. The van der Waals surface area contributed by atoms with Crippen molar-refractivity contribution in [1.29, 1.82) is 0 Å². The third-order valence-electron chi connectivity index (χ3n) is 4.17. The van der Waals surface area contributed by atoms with Crippen molar-refractivity contribution in [3.05, 3.63) is 0 Å². The van der Waals surface area contributed by atoms with Crippen LogP contribution < -0.4 is 5.32 Å². The van der Waals surface area contributed by atoms with E-state index >= 15 is 0 Å². The van der Waals surface area contributed by atoms with Crippen molar-refractivity contribution in [2.75, 3.05) is 45.1 Å². The zero-order valence-corrected chi connectivity index (χ0v) is 13.6. The van der Waals surface area contributed by atoms with E-state index in [1.807, 2.05) is 0 Å². The zero-order chi connectivity index (χ0) is 13.7. The monoisotopic (exact) mass is 286 g/mol. The smallest absolute Gasteiger partial charge is 0.0546 e. The summed E-state index contributed by atoms with van der Waals surface area (Å²) in [5.41, 5.74) is 0.338. The molecule has 2 fully saturated rings. The maximum atomic E-state index is 5.81. The first-order valence-electron chi connectivity index (χ1n) is 7.75. The number of thioether (sulfide) groups is 1.